The van der Waals surface area contributed by atoms with Crippen LogP contribution in [-0.4, -0.2) is 66.4 Å². The van der Waals surface area contributed by atoms with Gasteiger partial charge in [-0.2, -0.15) is 4.99 Å². The molecule has 3 aromatic carbocycles. The Balaban J connectivity index is 1.12. The molecule has 4 amide bonds. The second-order valence-electron chi connectivity index (χ2n) is 11.4. The summed E-state index contributed by atoms with van der Waals surface area (Å²) in [6.45, 7) is 0.542. The molecule has 0 bridgehead atoms. The van der Waals surface area contributed by atoms with Crippen LogP contribution < -0.4 is 25.8 Å². The Bertz CT molecular complexity index is 1750. The van der Waals surface area contributed by atoms with Crippen molar-refractivity contribution < 1.29 is 33.4 Å². The number of carbonyl (C=O) groups excluding carboxylic acids is 4. The molecule has 12 nitrogen and oxygen atoms in total. The summed E-state index contributed by atoms with van der Waals surface area (Å²) < 4.78 is 16.9. The van der Waals surface area contributed by atoms with E-state index in [1.165, 1.54) is 16.2 Å². The highest BCUT2D eigenvalue weighted by molar-refractivity contribution is 7.10. The van der Waals surface area contributed by atoms with Gasteiger partial charge >= 0.3 is 6.09 Å². The van der Waals surface area contributed by atoms with Gasteiger partial charge in [-0.25, -0.2) is 4.79 Å². The minimum Gasteiger partial charge on any atom is -0.494 e. The Morgan fingerprint density at radius 2 is 1.58 bits per heavy atom. The van der Waals surface area contributed by atoms with Crippen LogP contribution in [0.4, 0.5) is 4.79 Å². The molecule has 1 aromatic heterocycles. The Kier molecular flexibility index (Phi) is 12.9. The summed E-state index contributed by atoms with van der Waals surface area (Å²) in [4.78, 5) is 57.5. The third-order valence-corrected chi connectivity index (χ3v) is 8.67. The molecule has 1 aliphatic heterocycles. The van der Waals surface area contributed by atoms with Crippen molar-refractivity contribution in [3.63, 3.8) is 0 Å². The number of nitrogens with zero attached hydrogens (tertiary/aromatic N) is 2. The van der Waals surface area contributed by atoms with Crippen molar-refractivity contribution in [1.82, 2.24) is 15.5 Å². The minimum absolute atomic E-state index is 0.00359. The molecule has 0 radical (unpaired) electrons. The normalized spacial score (nSPS) is 15.6. The molecule has 5 rings (SSSR count). The zero-order valence-corrected chi connectivity index (χ0v) is 28.2. The first-order valence-corrected chi connectivity index (χ1v) is 17.1. The van der Waals surface area contributed by atoms with Gasteiger partial charge in [-0.05, 0) is 42.3 Å². The molecule has 0 spiro atoms. The maximum absolute atomic E-state index is 13.5. The molecule has 1 saturated heterocycles. The van der Waals surface area contributed by atoms with Gasteiger partial charge in [0.05, 0.1) is 26.2 Å². The molecule has 260 valence electrons. The molecule has 0 aliphatic carbocycles. The molecule has 4 N–H and O–H groups in total. The topological polar surface area (TPSA) is 162 Å². The molecule has 2 heterocycles. The molecule has 4 aromatic rings. The first-order valence-electron chi connectivity index (χ1n) is 16.2. The monoisotopic (exact) mass is 697 g/mol. The summed E-state index contributed by atoms with van der Waals surface area (Å²) in [5.74, 6) is 0.321. The number of amidine groups is 1. The molecular formula is C37H39N5O7S. The summed E-state index contributed by atoms with van der Waals surface area (Å²) in [6, 6.07) is 28.7. The van der Waals surface area contributed by atoms with Crippen LogP contribution in [-0.2, 0) is 32.3 Å². The van der Waals surface area contributed by atoms with Gasteiger partial charge in [0.15, 0.2) is 0 Å². The van der Waals surface area contributed by atoms with E-state index in [1.807, 2.05) is 91.0 Å². The molecule has 1 fully saturated rings. The number of ether oxygens (including phenoxy) is 3. The van der Waals surface area contributed by atoms with Gasteiger partial charge in [-0.1, -0.05) is 66.7 Å². The highest BCUT2D eigenvalue weighted by atomic mass is 32.1. The summed E-state index contributed by atoms with van der Waals surface area (Å²) >= 11 is 1.34. The number of amides is 4. The number of benzene rings is 3. The average Bonchev–Trinajstić information content (AvgIpc) is 3.80. The van der Waals surface area contributed by atoms with E-state index in [1.54, 1.807) is 11.4 Å². The molecule has 13 heteroatoms. The van der Waals surface area contributed by atoms with Gasteiger partial charge in [-0.3, -0.25) is 14.4 Å². The molecule has 0 unspecified atom stereocenters. The van der Waals surface area contributed by atoms with Gasteiger partial charge in [-0.15, -0.1) is 11.3 Å². The van der Waals surface area contributed by atoms with Crippen LogP contribution in [0.2, 0.25) is 0 Å². The smallest absolute Gasteiger partial charge is 0.435 e. The standard InChI is InChI=1S/C37H39N5O7S/c38-35(41-37(46)48-24-26-11-4-1-5-12-26)27-19-31(50-25-27)21-40-36(45)32-20-30(49-29-15-8-3-9-16-29)23-42(32)34(44)22-39-33(43)17-10-18-47-28-13-6-2-7-14-28/h1-9,11-16,19,25,30,32H,10,17-18,20-24H2,(H,39,43)(H,40,45)(H2,38,41,46)/t30-,32+/m1/s1. The van der Waals surface area contributed by atoms with Crippen molar-refractivity contribution in [1.29, 1.82) is 0 Å². The number of hydrogen-bond acceptors (Lipinski definition) is 8. The maximum Gasteiger partial charge on any atom is 0.435 e. The summed E-state index contributed by atoms with van der Waals surface area (Å²) in [5.41, 5.74) is 7.39. The van der Waals surface area contributed by atoms with E-state index >= 15 is 0 Å². The number of nitrogens with two attached hydrogens (primary N) is 1. The number of nitrogens with one attached hydrogen (secondary N) is 2. The van der Waals surface area contributed by atoms with Gasteiger partial charge in [0.2, 0.25) is 17.7 Å². The summed E-state index contributed by atoms with van der Waals surface area (Å²) in [5, 5.41) is 7.31. The first-order chi connectivity index (χ1) is 24.3. The number of rotatable bonds is 15. The second-order valence-corrected chi connectivity index (χ2v) is 12.4. The van der Waals surface area contributed by atoms with Crippen LogP contribution in [0.3, 0.4) is 0 Å². The largest absolute Gasteiger partial charge is 0.494 e. The van der Waals surface area contributed by atoms with Crippen molar-refractivity contribution in [2.45, 2.75) is 44.6 Å². The Morgan fingerprint density at radius 1 is 0.900 bits per heavy atom. The van der Waals surface area contributed by atoms with E-state index < -0.39 is 18.2 Å². The lowest BCUT2D eigenvalue weighted by Gasteiger charge is -2.23. The number of aliphatic imine (C=N–C) groups is 1. The van der Waals surface area contributed by atoms with Crippen LogP contribution >= 0.6 is 11.3 Å². The summed E-state index contributed by atoms with van der Waals surface area (Å²) in [7, 11) is 0. The zero-order valence-electron chi connectivity index (χ0n) is 27.4. The van der Waals surface area contributed by atoms with E-state index in [9.17, 15) is 19.2 Å². The summed E-state index contributed by atoms with van der Waals surface area (Å²) in [6.07, 6.45) is -0.279. The van der Waals surface area contributed by atoms with Crippen LogP contribution in [0, 0.1) is 0 Å². The lowest BCUT2D eigenvalue weighted by atomic mass is 10.1. The number of likely N-dealkylation sites (tertiary alicyclic amines) is 1. The Morgan fingerprint density at radius 3 is 2.30 bits per heavy atom. The third kappa shape index (κ3) is 10.9. The quantitative estimate of drug-likeness (QED) is 0.0934. The Labute approximate surface area is 294 Å². The molecule has 2 atom stereocenters. The lowest BCUT2D eigenvalue weighted by molar-refractivity contribution is -0.138. The fraction of sp³-hybridized carbons (Fsp3) is 0.270. The zero-order chi connectivity index (χ0) is 35.1. The maximum atomic E-state index is 13.5. The van der Waals surface area contributed by atoms with Crippen molar-refractivity contribution in [2.24, 2.45) is 10.7 Å². The Hall–Kier alpha value is -5.69. The third-order valence-electron chi connectivity index (χ3n) is 7.73. The highest BCUT2D eigenvalue weighted by Crippen LogP contribution is 2.24. The minimum atomic E-state index is -0.808. The lowest BCUT2D eigenvalue weighted by Crippen LogP contribution is -2.48. The van der Waals surface area contributed by atoms with E-state index in [2.05, 4.69) is 15.6 Å². The van der Waals surface area contributed by atoms with Crippen molar-refractivity contribution in [2.75, 3.05) is 19.7 Å². The van der Waals surface area contributed by atoms with Crippen LogP contribution in [0.5, 0.6) is 11.5 Å². The SMILES string of the molecule is NC(=NC(=O)OCc1ccccc1)c1csc(CNC(=O)[C@@H]2C[C@@H](Oc3ccccc3)CN2C(=O)CNC(=O)CCCOc2ccccc2)c1. The van der Waals surface area contributed by atoms with Gasteiger partial charge < -0.3 is 35.5 Å². The predicted octanol–water partition coefficient (Wildman–Crippen LogP) is 4.43. The van der Waals surface area contributed by atoms with Gasteiger partial charge in [0.25, 0.3) is 0 Å². The predicted molar refractivity (Wildman–Crippen MR) is 189 cm³/mol. The first kappa shape index (κ1) is 35.6. The fourth-order valence-corrected chi connectivity index (χ4v) is 6.03. The molecule has 1 aliphatic rings. The van der Waals surface area contributed by atoms with Gasteiger partial charge in [0, 0.05) is 28.7 Å². The van der Waals surface area contributed by atoms with E-state index in [0.717, 1.165) is 16.2 Å². The second kappa shape index (κ2) is 18.2. The van der Waals surface area contributed by atoms with Crippen LogP contribution in [0.15, 0.2) is 107 Å². The van der Waals surface area contributed by atoms with Crippen LogP contribution in [0.25, 0.3) is 0 Å². The number of carbonyl (C=O) groups is 4. The number of para-hydroxylation sites is 2. The van der Waals surface area contributed by atoms with E-state index in [4.69, 9.17) is 19.9 Å². The fourth-order valence-electron chi connectivity index (χ4n) is 5.22. The van der Waals surface area contributed by atoms with Crippen molar-refractivity contribution in [3.8, 4) is 11.5 Å². The van der Waals surface area contributed by atoms with Crippen LogP contribution in [0.1, 0.15) is 35.3 Å². The van der Waals surface area contributed by atoms with E-state index in [0.29, 0.717) is 24.3 Å². The van der Waals surface area contributed by atoms with Crippen molar-refractivity contribution in [3.05, 3.63) is 118 Å². The highest BCUT2D eigenvalue weighted by Gasteiger charge is 2.40. The molecule has 50 heavy (non-hydrogen) atoms. The number of thiophene rings is 1. The number of hydrogen-bond donors (Lipinski definition) is 3. The average molecular weight is 698 g/mol. The van der Waals surface area contributed by atoms with Crippen molar-refractivity contribution >= 4 is 41.0 Å². The van der Waals surface area contributed by atoms with E-state index in [-0.39, 0.29) is 62.6 Å². The molecular weight excluding hydrogens is 659 g/mol. The van der Waals surface area contributed by atoms with Gasteiger partial charge in [0.1, 0.15) is 36.1 Å². The molecule has 0 saturated carbocycles.